The zero-order valence-electron chi connectivity index (χ0n) is 18.0. The van der Waals surface area contributed by atoms with E-state index >= 15 is 0 Å². The molecule has 0 spiro atoms. The summed E-state index contributed by atoms with van der Waals surface area (Å²) in [4.78, 5) is 27.2. The van der Waals surface area contributed by atoms with Crippen molar-refractivity contribution in [3.8, 4) is 11.5 Å². The van der Waals surface area contributed by atoms with Crippen LogP contribution < -0.4 is 5.76 Å². The Morgan fingerprint density at radius 3 is 2.55 bits per heavy atom. The van der Waals surface area contributed by atoms with Crippen molar-refractivity contribution in [2.75, 3.05) is 0 Å². The van der Waals surface area contributed by atoms with Crippen LogP contribution in [-0.2, 0) is 24.4 Å². The number of carbonyl (C=O) groups is 1. The Hall–Kier alpha value is -4.33. The van der Waals surface area contributed by atoms with E-state index in [-0.39, 0.29) is 12.5 Å². The van der Waals surface area contributed by atoms with Gasteiger partial charge in [-0.05, 0) is 43.3 Å². The van der Waals surface area contributed by atoms with Crippen LogP contribution in [0.5, 0.6) is 0 Å². The molecule has 0 fully saturated rings. The first kappa shape index (κ1) is 19.4. The van der Waals surface area contributed by atoms with Crippen LogP contribution in [0.4, 0.5) is 0 Å². The van der Waals surface area contributed by atoms with E-state index in [0.717, 1.165) is 22.8 Å². The zero-order valence-corrected chi connectivity index (χ0v) is 18.0. The van der Waals surface area contributed by atoms with Crippen molar-refractivity contribution in [2.24, 2.45) is 0 Å². The number of hydrogen-bond donors (Lipinski definition) is 0. The molecule has 0 N–H and O–H groups in total. The fourth-order valence-corrected chi connectivity index (χ4v) is 4.38. The number of aryl methyl sites for hydroxylation is 1. The summed E-state index contributed by atoms with van der Waals surface area (Å²) in [6.45, 7) is 2.80. The van der Waals surface area contributed by atoms with Crippen molar-refractivity contribution in [1.82, 2.24) is 23.8 Å². The van der Waals surface area contributed by atoms with E-state index in [4.69, 9.17) is 9.52 Å². The van der Waals surface area contributed by atoms with Crippen LogP contribution in [0.25, 0.3) is 22.6 Å². The van der Waals surface area contributed by atoms with Crippen LogP contribution in [0.15, 0.2) is 82.3 Å². The van der Waals surface area contributed by atoms with E-state index in [9.17, 15) is 9.59 Å². The monoisotopic (exact) mass is 439 g/mol. The summed E-state index contributed by atoms with van der Waals surface area (Å²) in [5.74, 6) is 0.237. The first-order valence-electron chi connectivity index (χ1n) is 10.8. The van der Waals surface area contributed by atoms with Crippen LogP contribution in [-0.4, -0.2) is 29.7 Å². The lowest BCUT2D eigenvalue weighted by molar-refractivity contribution is -0.132. The Kier molecular flexibility index (Phi) is 4.33. The number of hydrogen-bond acceptors (Lipinski definition) is 4. The van der Waals surface area contributed by atoms with Gasteiger partial charge in [0.2, 0.25) is 5.91 Å². The minimum absolute atomic E-state index is 0.0725. The van der Waals surface area contributed by atoms with E-state index in [1.165, 1.54) is 10.1 Å². The highest BCUT2D eigenvalue weighted by molar-refractivity contribution is 5.80. The van der Waals surface area contributed by atoms with Gasteiger partial charge in [-0.1, -0.05) is 29.8 Å². The normalized spacial score (nSPS) is 13.1. The highest BCUT2D eigenvalue weighted by Crippen LogP contribution is 2.31. The number of carbonyl (C=O) groups excluding carboxylic acids is 1. The molecule has 0 aliphatic carbocycles. The molecule has 2 aromatic carbocycles. The molecule has 5 aromatic rings. The third-order valence-corrected chi connectivity index (χ3v) is 6.08. The van der Waals surface area contributed by atoms with Crippen molar-refractivity contribution >= 4 is 17.0 Å². The van der Waals surface area contributed by atoms with Crippen molar-refractivity contribution < 1.29 is 9.21 Å². The van der Waals surface area contributed by atoms with Gasteiger partial charge < -0.3 is 13.9 Å². The SMILES string of the molecule is Cc1ccc(-n2nc3c(c2-n2cccc2)CN(C(=O)Cn2c(=O)oc4ccccc42)C3)cc1. The summed E-state index contributed by atoms with van der Waals surface area (Å²) in [7, 11) is 0. The fourth-order valence-electron chi connectivity index (χ4n) is 4.38. The third kappa shape index (κ3) is 3.18. The van der Waals surface area contributed by atoms with Crippen molar-refractivity contribution in [2.45, 2.75) is 26.6 Å². The Morgan fingerprint density at radius 2 is 1.76 bits per heavy atom. The Balaban J connectivity index is 1.33. The maximum absolute atomic E-state index is 13.1. The van der Waals surface area contributed by atoms with Gasteiger partial charge in [0.1, 0.15) is 12.4 Å². The molecule has 8 heteroatoms. The maximum atomic E-state index is 13.1. The molecule has 0 bridgehead atoms. The molecule has 3 aromatic heterocycles. The number of nitrogens with zero attached hydrogens (tertiary/aromatic N) is 5. The molecular formula is C25H21N5O3. The second kappa shape index (κ2) is 7.37. The van der Waals surface area contributed by atoms with Crippen LogP contribution in [0.1, 0.15) is 16.8 Å². The quantitative estimate of drug-likeness (QED) is 0.430. The van der Waals surface area contributed by atoms with E-state index in [0.29, 0.717) is 24.2 Å². The van der Waals surface area contributed by atoms with Gasteiger partial charge in [0, 0.05) is 18.0 Å². The van der Waals surface area contributed by atoms with Crippen LogP contribution in [0.2, 0.25) is 0 Å². The fraction of sp³-hybridized carbons (Fsp3) is 0.160. The zero-order chi connectivity index (χ0) is 22.5. The summed E-state index contributed by atoms with van der Waals surface area (Å²) in [5.41, 5.74) is 5.10. The molecule has 1 aliphatic heterocycles. The summed E-state index contributed by atoms with van der Waals surface area (Å²) < 4.78 is 10.6. The van der Waals surface area contributed by atoms with Crippen molar-refractivity contribution in [1.29, 1.82) is 0 Å². The van der Waals surface area contributed by atoms with Gasteiger partial charge in [0.05, 0.1) is 30.0 Å². The van der Waals surface area contributed by atoms with Crippen LogP contribution >= 0.6 is 0 Å². The molecule has 8 nitrogen and oxygen atoms in total. The number of benzene rings is 2. The van der Waals surface area contributed by atoms with Gasteiger partial charge in [-0.2, -0.15) is 5.10 Å². The van der Waals surface area contributed by atoms with Crippen LogP contribution in [0.3, 0.4) is 0 Å². The van der Waals surface area contributed by atoms with E-state index in [2.05, 4.69) is 19.1 Å². The van der Waals surface area contributed by atoms with E-state index in [1.54, 1.807) is 23.1 Å². The predicted octanol–water partition coefficient (Wildman–Crippen LogP) is 3.42. The molecule has 0 saturated carbocycles. The number of fused-ring (bicyclic) bond motifs is 2. The second-order valence-electron chi connectivity index (χ2n) is 8.26. The first-order chi connectivity index (χ1) is 16.1. The third-order valence-electron chi connectivity index (χ3n) is 6.08. The number of rotatable bonds is 4. The minimum atomic E-state index is -0.529. The Morgan fingerprint density at radius 1 is 1.00 bits per heavy atom. The number of para-hydroxylation sites is 2. The van der Waals surface area contributed by atoms with Crippen molar-refractivity contribution in [3.05, 3.63) is 100 Å². The molecule has 1 amide bonds. The molecule has 0 unspecified atom stereocenters. The van der Waals surface area contributed by atoms with Gasteiger partial charge in [-0.3, -0.25) is 9.36 Å². The van der Waals surface area contributed by atoms with E-state index < -0.39 is 5.76 Å². The molecule has 0 atom stereocenters. The van der Waals surface area contributed by atoms with Gasteiger partial charge in [-0.15, -0.1) is 0 Å². The summed E-state index contributed by atoms with van der Waals surface area (Å²) in [5, 5.41) is 4.86. The number of aromatic nitrogens is 4. The number of oxazole rings is 1. The van der Waals surface area contributed by atoms with E-state index in [1.807, 2.05) is 52.0 Å². The molecule has 6 rings (SSSR count). The van der Waals surface area contributed by atoms with Gasteiger partial charge >= 0.3 is 5.76 Å². The first-order valence-corrected chi connectivity index (χ1v) is 10.8. The predicted molar refractivity (Wildman–Crippen MR) is 122 cm³/mol. The molecule has 164 valence electrons. The van der Waals surface area contributed by atoms with Crippen molar-refractivity contribution in [3.63, 3.8) is 0 Å². The smallest absolute Gasteiger partial charge is 0.408 e. The largest absolute Gasteiger partial charge is 0.420 e. The van der Waals surface area contributed by atoms with Crippen LogP contribution in [0, 0.1) is 6.92 Å². The van der Waals surface area contributed by atoms with Gasteiger partial charge in [-0.25, -0.2) is 9.48 Å². The molecule has 0 saturated heterocycles. The average Bonchev–Trinajstić information content (AvgIpc) is 3.58. The summed E-state index contributed by atoms with van der Waals surface area (Å²) in [6, 6.07) is 19.3. The van der Waals surface area contributed by atoms with Gasteiger partial charge in [0.25, 0.3) is 0 Å². The highest BCUT2D eigenvalue weighted by atomic mass is 16.4. The minimum Gasteiger partial charge on any atom is -0.408 e. The highest BCUT2D eigenvalue weighted by Gasteiger charge is 2.32. The molecule has 33 heavy (non-hydrogen) atoms. The molecule has 1 aliphatic rings. The second-order valence-corrected chi connectivity index (χ2v) is 8.26. The summed E-state index contributed by atoms with van der Waals surface area (Å²) >= 11 is 0. The molecule has 4 heterocycles. The average molecular weight is 439 g/mol. The topological polar surface area (TPSA) is 78.2 Å². The Bertz CT molecular complexity index is 1540. The molecule has 0 radical (unpaired) electrons. The lowest BCUT2D eigenvalue weighted by atomic mass is 10.2. The standard InChI is InChI=1S/C25H21N5O3/c1-17-8-10-18(11-9-17)30-24(27-12-4-5-13-27)19-14-28(15-20(19)26-30)23(31)16-29-21-6-2-3-7-22(21)33-25(29)32/h2-13H,14-16H2,1H3. The maximum Gasteiger partial charge on any atom is 0.420 e. The number of amides is 1. The molecular weight excluding hydrogens is 418 g/mol. The lowest BCUT2D eigenvalue weighted by Gasteiger charge is -2.17. The lowest BCUT2D eigenvalue weighted by Crippen LogP contribution is -2.32. The Labute approximate surface area is 188 Å². The van der Waals surface area contributed by atoms with Gasteiger partial charge in [0.15, 0.2) is 5.58 Å². The summed E-state index contributed by atoms with van der Waals surface area (Å²) in [6.07, 6.45) is 3.95.